The number of carboxylic acids is 1. The second-order valence-electron chi connectivity index (χ2n) is 6.91. The van der Waals surface area contributed by atoms with Crippen LogP contribution in [-0.4, -0.2) is 35.9 Å². The maximum Gasteiger partial charge on any atom is 0.333 e. The summed E-state index contributed by atoms with van der Waals surface area (Å²) in [6.45, 7) is -2.23. The van der Waals surface area contributed by atoms with Crippen molar-refractivity contribution in [2.24, 2.45) is 0 Å². The van der Waals surface area contributed by atoms with Crippen molar-refractivity contribution in [2.45, 2.75) is 25.8 Å². The molecule has 7 heteroatoms. The van der Waals surface area contributed by atoms with Gasteiger partial charge in [0.25, 0.3) is 0 Å². The van der Waals surface area contributed by atoms with Gasteiger partial charge in [0.1, 0.15) is 11.5 Å². The van der Waals surface area contributed by atoms with E-state index in [4.69, 9.17) is 18.0 Å². The molecular formula is C24H23NO5S. The molecule has 0 radical (unpaired) electrons. The van der Waals surface area contributed by atoms with Crippen molar-refractivity contribution in [3.05, 3.63) is 70.9 Å². The van der Waals surface area contributed by atoms with Crippen molar-refractivity contribution in [3.8, 4) is 17.2 Å². The molecule has 1 N–H and O–H groups in total. The number of methoxy groups -OCH3 is 1. The molecule has 2 aromatic heterocycles. The van der Waals surface area contributed by atoms with E-state index in [0.29, 0.717) is 17.0 Å². The molecule has 0 spiro atoms. The summed E-state index contributed by atoms with van der Waals surface area (Å²) in [6.07, 6.45) is -0.435. The largest absolute Gasteiger partial charge is 0.493 e. The van der Waals surface area contributed by atoms with Crippen molar-refractivity contribution in [1.82, 2.24) is 4.98 Å². The number of benzene rings is 2. The molecule has 0 saturated heterocycles. The van der Waals surface area contributed by atoms with E-state index in [1.165, 1.54) is 18.4 Å². The van der Waals surface area contributed by atoms with Gasteiger partial charge in [0.15, 0.2) is 6.10 Å². The SMILES string of the molecule is [2H]C([2H])([2H])c1oc(-c2ccccc2)nc1CCOc1ccc(C[C@H](OC)C(=O)O)c2sccc12. The number of hydrogen-bond donors (Lipinski definition) is 1. The Hall–Kier alpha value is -3.16. The van der Waals surface area contributed by atoms with Crippen molar-refractivity contribution in [2.75, 3.05) is 13.7 Å². The molecule has 2 aromatic carbocycles. The fraction of sp³-hybridized carbons (Fsp3) is 0.250. The standard InChI is InChI=1S/C24H23NO5S/c1-15-19(25-23(30-15)16-6-4-3-5-7-16)10-12-29-20-9-8-17(14-21(28-2)24(26)27)22-18(20)11-13-31-22/h3-9,11,13,21H,10,12,14H2,1-2H3,(H,26,27)/t21-/m0/s1/i1D3. The molecule has 0 amide bonds. The van der Waals surface area contributed by atoms with Crippen LogP contribution in [0, 0.1) is 6.85 Å². The van der Waals surface area contributed by atoms with Gasteiger partial charge >= 0.3 is 5.97 Å². The van der Waals surface area contributed by atoms with Gasteiger partial charge in [0, 0.05) is 39.7 Å². The molecule has 160 valence electrons. The molecule has 1 atom stereocenters. The van der Waals surface area contributed by atoms with E-state index in [2.05, 4.69) is 4.98 Å². The van der Waals surface area contributed by atoms with E-state index in [9.17, 15) is 9.90 Å². The highest BCUT2D eigenvalue weighted by molar-refractivity contribution is 7.17. The van der Waals surface area contributed by atoms with Crippen LogP contribution in [0.5, 0.6) is 5.75 Å². The molecule has 4 aromatic rings. The van der Waals surface area contributed by atoms with Crippen molar-refractivity contribution in [3.63, 3.8) is 0 Å². The first-order chi connectivity index (χ1) is 16.3. The van der Waals surface area contributed by atoms with Crippen LogP contribution in [0.2, 0.25) is 0 Å². The van der Waals surface area contributed by atoms with Gasteiger partial charge in [0.2, 0.25) is 5.89 Å². The molecule has 0 aliphatic carbocycles. The Morgan fingerprint density at radius 3 is 2.84 bits per heavy atom. The molecule has 0 bridgehead atoms. The number of thiophene rings is 1. The molecule has 0 saturated carbocycles. The summed E-state index contributed by atoms with van der Waals surface area (Å²) in [5, 5.41) is 12.1. The first-order valence-electron chi connectivity index (χ1n) is 11.2. The van der Waals surface area contributed by atoms with Crippen molar-refractivity contribution in [1.29, 1.82) is 0 Å². The summed E-state index contributed by atoms with van der Waals surface area (Å²) in [5.41, 5.74) is 1.90. The molecular weight excluding hydrogens is 414 g/mol. The quantitative estimate of drug-likeness (QED) is 0.389. The monoisotopic (exact) mass is 440 g/mol. The predicted molar refractivity (Wildman–Crippen MR) is 120 cm³/mol. The molecule has 0 aliphatic heterocycles. The van der Waals surface area contributed by atoms with Crippen LogP contribution in [-0.2, 0) is 22.4 Å². The Morgan fingerprint density at radius 1 is 1.26 bits per heavy atom. The van der Waals surface area contributed by atoms with Gasteiger partial charge in [-0.1, -0.05) is 24.3 Å². The summed E-state index contributed by atoms with van der Waals surface area (Å²) >= 11 is 1.50. The van der Waals surface area contributed by atoms with E-state index in [1.807, 2.05) is 47.8 Å². The Morgan fingerprint density at radius 2 is 2.10 bits per heavy atom. The minimum absolute atomic E-state index is 0.134. The number of aliphatic carboxylic acids is 1. The molecule has 4 rings (SSSR count). The van der Waals surface area contributed by atoms with E-state index in [1.54, 1.807) is 6.07 Å². The Kier molecular flexibility index (Phi) is 5.27. The predicted octanol–water partition coefficient (Wildman–Crippen LogP) is 5.13. The number of rotatable bonds is 9. The van der Waals surface area contributed by atoms with Gasteiger partial charge < -0.3 is 19.0 Å². The number of ether oxygens (including phenoxy) is 2. The average molecular weight is 441 g/mol. The Bertz CT molecular complexity index is 1280. The maximum atomic E-state index is 11.3. The Balaban J connectivity index is 1.52. The zero-order valence-corrected chi connectivity index (χ0v) is 17.6. The Labute approximate surface area is 188 Å². The topological polar surface area (TPSA) is 81.8 Å². The lowest BCUT2D eigenvalue weighted by Crippen LogP contribution is -2.24. The second-order valence-corrected chi connectivity index (χ2v) is 7.83. The normalized spacial score (nSPS) is 14.0. The minimum atomic E-state index is -2.43. The first-order valence-corrected chi connectivity index (χ1v) is 10.6. The fourth-order valence-electron chi connectivity index (χ4n) is 3.33. The van der Waals surface area contributed by atoms with Crippen LogP contribution >= 0.6 is 11.3 Å². The van der Waals surface area contributed by atoms with Crippen LogP contribution in [0.25, 0.3) is 21.5 Å². The lowest BCUT2D eigenvalue weighted by Gasteiger charge is -2.13. The third-order valence-electron chi connectivity index (χ3n) is 4.94. The molecule has 0 aliphatic rings. The smallest absolute Gasteiger partial charge is 0.333 e. The van der Waals surface area contributed by atoms with Gasteiger partial charge in [-0.05, 0) is 42.1 Å². The van der Waals surface area contributed by atoms with Crippen molar-refractivity contribution < 1.29 is 27.9 Å². The van der Waals surface area contributed by atoms with Gasteiger partial charge in [-0.25, -0.2) is 9.78 Å². The molecule has 0 fully saturated rings. The van der Waals surface area contributed by atoms with E-state index in [0.717, 1.165) is 15.6 Å². The average Bonchev–Trinajstić information content (AvgIpc) is 3.46. The van der Waals surface area contributed by atoms with Crippen LogP contribution in [0.3, 0.4) is 0 Å². The van der Waals surface area contributed by atoms with Gasteiger partial charge in [-0.2, -0.15) is 0 Å². The number of aryl methyl sites for hydroxylation is 1. The summed E-state index contributed by atoms with van der Waals surface area (Å²) in [4.78, 5) is 15.8. The highest BCUT2D eigenvalue weighted by atomic mass is 32.1. The molecule has 0 unspecified atom stereocenters. The summed E-state index contributed by atoms with van der Waals surface area (Å²) in [5.74, 6) is -0.255. The van der Waals surface area contributed by atoms with Gasteiger partial charge in [-0.3, -0.25) is 0 Å². The summed E-state index contributed by atoms with van der Waals surface area (Å²) in [6, 6.07) is 14.7. The number of carbonyl (C=O) groups is 1. The highest BCUT2D eigenvalue weighted by Crippen LogP contribution is 2.34. The van der Waals surface area contributed by atoms with Gasteiger partial charge in [0.05, 0.1) is 12.3 Å². The number of fused-ring (bicyclic) bond motifs is 1. The molecule has 6 nitrogen and oxygen atoms in total. The second kappa shape index (κ2) is 9.32. The van der Waals surface area contributed by atoms with Gasteiger partial charge in [-0.15, -0.1) is 11.3 Å². The maximum absolute atomic E-state index is 11.3. The van der Waals surface area contributed by atoms with E-state index >= 15 is 0 Å². The minimum Gasteiger partial charge on any atom is -0.493 e. The lowest BCUT2D eigenvalue weighted by atomic mass is 10.1. The number of oxazole rings is 1. The number of hydrogen-bond acceptors (Lipinski definition) is 6. The third kappa shape index (κ3) is 4.62. The first kappa shape index (κ1) is 17.5. The number of nitrogens with zero attached hydrogens (tertiary/aromatic N) is 1. The third-order valence-corrected chi connectivity index (χ3v) is 5.93. The lowest BCUT2D eigenvalue weighted by molar-refractivity contribution is -0.148. The van der Waals surface area contributed by atoms with Crippen LogP contribution in [0.4, 0.5) is 0 Å². The van der Waals surface area contributed by atoms with E-state index < -0.39 is 18.9 Å². The highest BCUT2D eigenvalue weighted by Gasteiger charge is 2.19. The number of carboxylic acid groups (broad SMARTS) is 1. The van der Waals surface area contributed by atoms with E-state index in [-0.39, 0.29) is 31.1 Å². The number of aromatic nitrogens is 1. The molecule has 31 heavy (non-hydrogen) atoms. The zero-order chi connectivity index (χ0) is 24.3. The zero-order valence-electron chi connectivity index (χ0n) is 19.8. The summed E-state index contributed by atoms with van der Waals surface area (Å²) < 4.78 is 41.0. The summed E-state index contributed by atoms with van der Waals surface area (Å²) in [7, 11) is 1.38. The molecule has 2 heterocycles. The fourth-order valence-corrected chi connectivity index (χ4v) is 4.27. The van der Waals surface area contributed by atoms with Crippen LogP contribution in [0.15, 0.2) is 58.3 Å². The van der Waals surface area contributed by atoms with Crippen LogP contribution < -0.4 is 4.74 Å². The van der Waals surface area contributed by atoms with Crippen molar-refractivity contribution >= 4 is 27.4 Å². The van der Waals surface area contributed by atoms with Crippen LogP contribution in [0.1, 0.15) is 21.1 Å².